The van der Waals surface area contributed by atoms with Crippen LogP contribution in [0.1, 0.15) is 53.3 Å². The van der Waals surface area contributed by atoms with E-state index in [1.54, 1.807) is 29.2 Å². The fraction of sp³-hybridized carbons (Fsp3) is 0.276. The molecule has 5 nitrogen and oxygen atoms in total. The topological polar surface area (TPSA) is 71.1 Å². The van der Waals surface area contributed by atoms with E-state index in [4.69, 9.17) is 0 Å². The Morgan fingerprint density at radius 3 is 2.58 bits per heavy atom. The van der Waals surface area contributed by atoms with Gasteiger partial charge in [-0.2, -0.15) is 0 Å². The third-order valence-corrected chi connectivity index (χ3v) is 9.04. The summed E-state index contributed by atoms with van der Waals surface area (Å²) < 4.78 is 1.14. The number of nitrogens with one attached hydrogen (secondary N) is 2. The van der Waals surface area contributed by atoms with Gasteiger partial charge in [0.25, 0.3) is 5.91 Å². The number of carbonyl (C=O) groups excluding carboxylic acids is 2. The standard InChI is InChI=1S/C29H29N3O2S2/c1-16-9-8-12-24(30-16)32-28(34)25-18(3)31-22-14-20(19-10-6-5-7-11-19)15-23(33)27(22)26(25)21-13-17(2)36-29(21)35-4/h5-13,20,26,31H,14-15H2,1-4H3,(H,30,32,34). The lowest BCUT2D eigenvalue weighted by atomic mass is 9.72. The van der Waals surface area contributed by atoms with E-state index in [9.17, 15) is 9.59 Å². The van der Waals surface area contributed by atoms with Crippen LogP contribution in [0.25, 0.3) is 0 Å². The Hall–Kier alpha value is -3.16. The van der Waals surface area contributed by atoms with Gasteiger partial charge in [-0.05, 0) is 68.7 Å². The minimum atomic E-state index is -0.414. The maximum absolute atomic E-state index is 13.8. The van der Waals surface area contributed by atoms with E-state index in [0.29, 0.717) is 17.8 Å². The quantitative estimate of drug-likeness (QED) is 0.381. The van der Waals surface area contributed by atoms with Crippen molar-refractivity contribution in [1.82, 2.24) is 10.3 Å². The molecule has 7 heteroatoms. The smallest absolute Gasteiger partial charge is 0.255 e. The summed E-state index contributed by atoms with van der Waals surface area (Å²) in [4.78, 5) is 33.2. The van der Waals surface area contributed by atoms with Crippen LogP contribution in [-0.2, 0) is 9.59 Å². The van der Waals surface area contributed by atoms with Gasteiger partial charge in [-0.25, -0.2) is 4.98 Å². The van der Waals surface area contributed by atoms with Crippen molar-refractivity contribution < 1.29 is 9.59 Å². The number of rotatable bonds is 5. The van der Waals surface area contributed by atoms with Crippen LogP contribution in [0, 0.1) is 13.8 Å². The molecule has 2 unspecified atom stereocenters. The highest BCUT2D eigenvalue weighted by molar-refractivity contribution is 8.00. The highest BCUT2D eigenvalue weighted by Crippen LogP contribution is 2.49. The maximum atomic E-state index is 13.8. The summed E-state index contributed by atoms with van der Waals surface area (Å²) in [5.41, 5.74) is 6.05. The molecule has 1 aliphatic carbocycles. The van der Waals surface area contributed by atoms with Crippen molar-refractivity contribution in [3.8, 4) is 0 Å². The summed E-state index contributed by atoms with van der Waals surface area (Å²) in [5, 5.41) is 6.46. The molecular weight excluding hydrogens is 486 g/mol. The van der Waals surface area contributed by atoms with Gasteiger partial charge >= 0.3 is 0 Å². The minimum absolute atomic E-state index is 0.102. The number of ketones is 1. The molecule has 3 heterocycles. The second kappa shape index (κ2) is 10.1. The number of amides is 1. The van der Waals surface area contributed by atoms with Crippen LogP contribution in [0.4, 0.5) is 5.82 Å². The second-order valence-corrected chi connectivity index (χ2v) is 11.7. The van der Waals surface area contributed by atoms with E-state index in [1.807, 2.05) is 50.4 Å². The van der Waals surface area contributed by atoms with Crippen molar-refractivity contribution in [2.45, 2.75) is 49.7 Å². The molecule has 0 bridgehead atoms. The van der Waals surface area contributed by atoms with E-state index < -0.39 is 5.92 Å². The molecular formula is C29H29N3O2S2. The Morgan fingerprint density at radius 2 is 1.86 bits per heavy atom. The van der Waals surface area contributed by atoms with Crippen molar-refractivity contribution in [2.75, 3.05) is 11.6 Å². The minimum Gasteiger partial charge on any atom is -0.362 e. The number of aryl methyl sites for hydroxylation is 2. The van der Waals surface area contributed by atoms with E-state index in [0.717, 1.165) is 38.9 Å². The zero-order valence-corrected chi connectivity index (χ0v) is 22.5. The van der Waals surface area contributed by atoms with Crippen molar-refractivity contribution in [3.63, 3.8) is 0 Å². The SMILES string of the molecule is CSc1sc(C)cc1C1C(C(=O)Nc2cccc(C)n2)=C(C)NC2=C1C(=O)CC(c1ccccc1)C2. The number of hydrogen-bond acceptors (Lipinski definition) is 6. The highest BCUT2D eigenvalue weighted by atomic mass is 32.2. The van der Waals surface area contributed by atoms with Gasteiger partial charge in [0, 0.05) is 45.5 Å². The fourth-order valence-corrected chi connectivity index (χ4v) is 7.19. The predicted octanol–water partition coefficient (Wildman–Crippen LogP) is 6.48. The van der Waals surface area contributed by atoms with Gasteiger partial charge in [0.05, 0.1) is 4.21 Å². The summed E-state index contributed by atoms with van der Waals surface area (Å²) in [7, 11) is 0. The van der Waals surface area contributed by atoms with Crippen molar-refractivity contribution in [1.29, 1.82) is 0 Å². The van der Waals surface area contributed by atoms with Crippen LogP contribution in [0.2, 0.25) is 0 Å². The van der Waals surface area contributed by atoms with E-state index >= 15 is 0 Å². The lowest BCUT2D eigenvalue weighted by Gasteiger charge is -2.37. The molecule has 0 spiro atoms. The Balaban J connectivity index is 1.59. The molecule has 0 saturated heterocycles. The van der Waals surface area contributed by atoms with Crippen LogP contribution >= 0.6 is 23.1 Å². The number of thioether (sulfide) groups is 1. The number of pyridine rings is 1. The zero-order chi connectivity index (χ0) is 25.4. The number of carbonyl (C=O) groups is 2. The fourth-order valence-electron chi connectivity index (χ4n) is 5.28. The monoisotopic (exact) mass is 515 g/mol. The Morgan fingerprint density at radius 1 is 1.08 bits per heavy atom. The summed E-state index contributed by atoms with van der Waals surface area (Å²) in [5.74, 6) is 0.0789. The lowest BCUT2D eigenvalue weighted by Crippen LogP contribution is -2.37. The molecule has 36 heavy (non-hydrogen) atoms. The Kier molecular flexibility index (Phi) is 6.86. The molecule has 2 aromatic heterocycles. The molecule has 0 saturated carbocycles. The summed E-state index contributed by atoms with van der Waals surface area (Å²) in [6.07, 6.45) is 3.23. The molecule has 5 rings (SSSR count). The maximum Gasteiger partial charge on any atom is 0.255 e. The molecule has 2 aliphatic rings. The van der Waals surface area contributed by atoms with Crippen LogP contribution in [-0.4, -0.2) is 22.9 Å². The van der Waals surface area contributed by atoms with Crippen molar-refractivity contribution in [3.05, 3.63) is 98.8 Å². The number of hydrogen-bond donors (Lipinski definition) is 2. The average Bonchev–Trinajstić information content (AvgIpc) is 3.23. The van der Waals surface area contributed by atoms with Gasteiger partial charge in [-0.3, -0.25) is 9.59 Å². The molecule has 2 atom stereocenters. The first-order chi connectivity index (χ1) is 17.4. The van der Waals surface area contributed by atoms with Crippen LogP contribution in [0.5, 0.6) is 0 Å². The van der Waals surface area contributed by atoms with Crippen molar-refractivity contribution >= 4 is 40.6 Å². The second-order valence-electron chi connectivity index (χ2n) is 9.35. The Bertz CT molecular complexity index is 1400. The number of allylic oxidation sites excluding steroid dienone is 3. The van der Waals surface area contributed by atoms with Gasteiger partial charge in [-0.15, -0.1) is 23.1 Å². The lowest BCUT2D eigenvalue weighted by molar-refractivity contribution is -0.116. The first-order valence-electron chi connectivity index (χ1n) is 12.0. The largest absolute Gasteiger partial charge is 0.362 e. The number of anilines is 1. The zero-order valence-electron chi connectivity index (χ0n) is 20.8. The number of aromatic nitrogens is 1. The molecule has 3 aromatic rings. The number of benzene rings is 1. The van der Waals surface area contributed by atoms with Crippen LogP contribution < -0.4 is 10.6 Å². The Labute approximate surface area is 220 Å². The van der Waals surface area contributed by atoms with Gasteiger partial charge in [0.15, 0.2) is 5.78 Å². The first kappa shape index (κ1) is 24.5. The van der Waals surface area contributed by atoms with Crippen molar-refractivity contribution in [2.24, 2.45) is 0 Å². The first-order valence-corrected chi connectivity index (χ1v) is 14.1. The summed E-state index contributed by atoms with van der Waals surface area (Å²) in [6.45, 7) is 5.90. The summed E-state index contributed by atoms with van der Waals surface area (Å²) in [6, 6.07) is 17.9. The summed E-state index contributed by atoms with van der Waals surface area (Å²) >= 11 is 3.38. The van der Waals surface area contributed by atoms with Crippen LogP contribution in [0.15, 0.2) is 81.3 Å². The van der Waals surface area contributed by atoms with E-state index in [2.05, 4.69) is 40.7 Å². The van der Waals surface area contributed by atoms with E-state index in [-0.39, 0.29) is 17.6 Å². The number of thiophene rings is 1. The molecule has 0 radical (unpaired) electrons. The normalized spacial score (nSPS) is 19.7. The molecule has 184 valence electrons. The van der Waals surface area contributed by atoms with Gasteiger partial charge < -0.3 is 10.6 Å². The van der Waals surface area contributed by atoms with Crippen LogP contribution in [0.3, 0.4) is 0 Å². The molecule has 2 N–H and O–H groups in total. The van der Waals surface area contributed by atoms with Gasteiger partial charge in [0.2, 0.25) is 0 Å². The number of dihydropyridines is 1. The molecule has 0 fully saturated rings. The number of nitrogens with zero attached hydrogens (tertiary/aromatic N) is 1. The molecule has 1 aromatic carbocycles. The van der Waals surface area contributed by atoms with Gasteiger partial charge in [0.1, 0.15) is 5.82 Å². The average molecular weight is 516 g/mol. The van der Waals surface area contributed by atoms with Gasteiger partial charge in [-0.1, -0.05) is 36.4 Å². The third-order valence-electron chi connectivity index (χ3n) is 6.82. The number of Topliss-reactive ketones (excluding diaryl/α,β-unsaturated/α-hetero) is 1. The predicted molar refractivity (Wildman–Crippen MR) is 147 cm³/mol. The third kappa shape index (κ3) is 4.65. The van der Waals surface area contributed by atoms with E-state index in [1.165, 1.54) is 10.4 Å². The highest BCUT2D eigenvalue weighted by Gasteiger charge is 2.42. The molecule has 1 aliphatic heterocycles. The molecule has 1 amide bonds.